The zero-order valence-corrected chi connectivity index (χ0v) is 27.9. The second-order valence-corrected chi connectivity index (χ2v) is 12.8. The topological polar surface area (TPSA) is 206 Å². The number of urea groups is 1. The first-order valence-corrected chi connectivity index (χ1v) is 15.8. The summed E-state index contributed by atoms with van der Waals surface area (Å²) in [4.78, 5) is 86.9. The molecule has 47 heavy (non-hydrogen) atoms. The molecule has 0 aliphatic carbocycles. The third-order valence-corrected chi connectivity index (χ3v) is 7.26. The fourth-order valence-corrected chi connectivity index (χ4v) is 4.49. The van der Waals surface area contributed by atoms with Crippen LogP contribution in [0.2, 0.25) is 0 Å². The first kappa shape index (κ1) is 38.4. The fraction of sp³-hybridized carbons (Fsp3) is 0.545. The van der Waals surface area contributed by atoms with Crippen LogP contribution >= 0.6 is 0 Å². The lowest BCUT2D eigenvalue weighted by atomic mass is 9.97. The number of carbonyl (C=O) groups is 7. The van der Waals surface area contributed by atoms with Gasteiger partial charge < -0.3 is 31.7 Å². The number of esters is 1. The molecule has 0 saturated heterocycles. The predicted octanol–water partition coefficient (Wildman–Crippen LogP) is 2.27. The molecule has 7 amide bonds. The van der Waals surface area contributed by atoms with Crippen molar-refractivity contribution < 1.29 is 38.3 Å². The molecule has 0 saturated carbocycles. The van der Waals surface area contributed by atoms with E-state index in [2.05, 4.69) is 21.3 Å². The number of unbranched alkanes of at least 4 members (excludes halogenated alkanes) is 2. The van der Waals surface area contributed by atoms with E-state index in [-0.39, 0.29) is 62.1 Å². The normalized spacial score (nSPS) is 14.0. The summed E-state index contributed by atoms with van der Waals surface area (Å²) in [5.41, 5.74) is 5.69. The van der Waals surface area contributed by atoms with Crippen LogP contribution in [0.25, 0.3) is 0 Å². The highest BCUT2D eigenvalue weighted by Crippen LogP contribution is 2.18. The first-order chi connectivity index (χ1) is 22.1. The summed E-state index contributed by atoms with van der Waals surface area (Å²) in [5.74, 6) is -2.69. The van der Waals surface area contributed by atoms with Crippen LogP contribution in [0.15, 0.2) is 36.4 Å². The van der Waals surface area contributed by atoms with Crippen LogP contribution in [-0.2, 0) is 40.1 Å². The van der Waals surface area contributed by atoms with E-state index in [1.54, 1.807) is 58.9 Å². The number of amides is 7. The molecule has 1 aromatic rings. The third kappa shape index (κ3) is 13.6. The Morgan fingerprint density at radius 1 is 0.872 bits per heavy atom. The number of nitrogens with one attached hydrogen (secondary N) is 4. The van der Waals surface area contributed by atoms with Crippen molar-refractivity contribution in [3.05, 3.63) is 42.0 Å². The van der Waals surface area contributed by atoms with Gasteiger partial charge >= 0.3 is 12.0 Å². The quantitative estimate of drug-likeness (QED) is 0.0898. The third-order valence-electron chi connectivity index (χ3n) is 7.26. The summed E-state index contributed by atoms with van der Waals surface area (Å²) >= 11 is 0. The lowest BCUT2D eigenvalue weighted by molar-refractivity contribution is -0.154. The molecule has 0 bridgehead atoms. The number of anilines is 1. The van der Waals surface area contributed by atoms with E-state index in [1.165, 1.54) is 12.2 Å². The molecule has 0 radical (unpaired) electrons. The van der Waals surface area contributed by atoms with E-state index in [0.717, 1.165) is 10.5 Å². The van der Waals surface area contributed by atoms with Gasteiger partial charge in [0, 0.05) is 37.3 Å². The van der Waals surface area contributed by atoms with Gasteiger partial charge in [-0.25, -0.2) is 4.79 Å². The van der Waals surface area contributed by atoms with Crippen LogP contribution < -0.4 is 27.0 Å². The zero-order chi connectivity index (χ0) is 35.1. The zero-order valence-electron chi connectivity index (χ0n) is 27.9. The van der Waals surface area contributed by atoms with Gasteiger partial charge in [0.1, 0.15) is 18.7 Å². The molecule has 258 valence electrons. The second kappa shape index (κ2) is 18.4. The average molecular weight is 657 g/mol. The first-order valence-electron chi connectivity index (χ1n) is 15.8. The Balaban J connectivity index is 1.95. The lowest BCUT2D eigenvalue weighted by Crippen LogP contribution is -2.54. The number of primary amides is 1. The molecule has 0 unspecified atom stereocenters. The highest BCUT2D eigenvalue weighted by molar-refractivity contribution is 6.12. The van der Waals surface area contributed by atoms with Gasteiger partial charge in [-0.15, -0.1) is 0 Å². The average Bonchev–Trinajstić information content (AvgIpc) is 3.32. The van der Waals surface area contributed by atoms with Crippen LogP contribution in [0.5, 0.6) is 0 Å². The van der Waals surface area contributed by atoms with Crippen LogP contribution in [0.1, 0.15) is 78.7 Å². The Morgan fingerprint density at radius 3 is 2.09 bits per heavy atom. The van der Waals surface area contributed by atoms with E-state index in [0.29, 0.717) is 31.4 Å². The van der Waals surface area contributed by atoms with E-state index in [1.807, 2.05) is 0 Å². The number of ether oxygens (including phenoxy) is 1. The predicted molar refractivity (Wildman–Crippen MR) is 174 cm³/mol. The summed E-state index contributed by atoms with van der Waals surface area (Å²) in [7, 11) is 0. The highest BCUT2D eigenvalue weighted by Gasteiger charge is 2.29. The van der Waals surface area contributed by atoms with Crippen molar-refractivity contribution in [2.24, 2.45) is 17.1 Å². The molecule has 0 fully saturated rings. The van der Waals surface area contributed by atoms with Gasteiger partial charge in [-0.1, -0.05) is 32.4 Å². The fourth-order valence-electron chi connectivity index (χ4n) is 4.49. The maximum absolute atomic E-state index is 13.3. The lowest BCUT2D eigenvalue weighted by Gasteiger charge is -2.25. The van der Waals surface area contributed by atoms with Gasteiger partial charge in [0.15, 0.2) is 0 Å². The largest absolute Gasteiger partial charge is 0.460 e. The Bertz CT molecular complexity index is 1300. The SMILES string of the molecule is CC(C)[C@H](NC(=O)CCCCCN1C(=O)C=CC1=O)C(=O)N[C@@H](CCCNC(N)=O)C(=O)Nc1ccc(COC(=O)C(C)(C)C)cc1. The summed E-state index contributed by atoms with van der Waals surface area (Å²) in [6, 6.07) is 4.12. The minimum Gasteiger partial charge on any atom is -0.460 e. The van der Waals surface area contributed by atoms with Crippen LogP contribution in [-0.4, -0.2) is 71.6 Å². The standard InChI is InChI=1S/C33H48N6O8/c1-21(2)28(38-25(40)11-7-6-8-19-39-26(41)16-17-27(39)42)30(44)37-24(10-9-18-35-32(34)46)29(43)36-23-14-12-22(13-15-23)20-47-31(45)33(3,4)5/h12-17,21,24,28H,6-11,18-20H2,1-5H3,(H,36,43)(H,37,44)(H,38,40)(H3,34,35,46)/t24-,28-/m0/s1. The number of rotatable bonds is 18. The van der Waals surface area contributed by atoms with Crippen molar-refractivity contribution in [2.75, 3.05) is 18.4 Å². The Labute approximate surface area is 275 Å². The van der Waals surface area contributed by atoms with E-state index < -0.39 is 35.3 Å². The molecule has 0 aromatic heterocycles. The molecule has 1 aliphatic rings. The molecular formula is C33H48N6O8. The summed E-state index contributed by atoms with van der Waals surface area (Å²) in [6.45, 7) is 9.38. The second-order valence-electron chi connectivity index (χ2n) is 12.8. The molecule has 2 rings (SSSR count). The highest BCUT2D eigenvalue weighted by atomic mass is 16.5. The van der Waals surface area contributed by atoms with Crippen LogP contribution in [0.3, 0.4) is 0 Å². The number of hydrogen-bond donors (Lipinski definition) is 5. The molecule has 14 heteroatoms. The van der Waals surface area contributed by atoms with Crippen LogP contribution in [0.4, 0.5) is 10.5 Å². The van der Waals surface area contributed by atoms with Gasteiger partial charge in [-0.2, -0.15) is 0 Å². The van der Waals surface area contributed by atoms with Crippen molar-refractivity contribution in [3.63, 3.8) is 0 Å². The molecule has 14 nitrogen and oxygen atoms in total. The minimum absolute atomic E-state index is 0.0799. The number of nitrogens with two attached hydrogens (primary N) is 1. The van der Waals surface area contributed by atoms with E-state index in [9.17, 15) is 33.6 Å². The maximum Gasteiger partial charge on any atom is 0.312 e. The van der Waals surface area contributed by atoms with Gasteiger partial charge in [-0.3, -0.25) is 33.7 Å². The molecular weight excluding hydrogens is 608 g/mol. The van der Waals surface area contributed by atoms with E-state index in [4.69, 9.17) is 10.5 Å². The Morgan fingerprint density at radius 2 is 1.51 bits per heavy atom. The Hall–Kier alpha value is -4.75. The summed E-state index contributed by atoms with van der Waals surface area (Å²) < 4.78 is 5.33. The summed E-state index contributed by atoms with van der Waals surface area (Å²) in [5, 5.41) is 10.7. The molecule has 2 atom stereocenters. The van der Waals surface area contributed by atoms with Crippen molar-refractivity contribution in [3.8, 4) is 0 Å². The number of nitrogens with zero attached hydrogens (tertiary/aromatic N) is 1. The number of imide groups is 1. The summed E-state index contributed by atoms with van der Waals surface area (Å²) in [6.07, 6.45) is 4.77. The number of benzene rings is 1. The monoisotopic (exact) mass is 656 g/mol. The molecule has 1 aromatic carbocycles. The molecule has 0 spiro atoms. The van der Waals surface area contributed by atoms with Gasteiger partial charge in [0.2, 0.25) is 17.7 Å². The smallest absolute Gasteiger partial charge is 0.312 e. The van der Waals surface area contributed by atoms with Gasteiger partial charge in [-0.05, 0) is 70.1 Å². The minimum atomic E-state index is -0.992. The van der Waals surface area contributed by atoms with Crippen LogP contribution in [0, 0.1) is 11.3 Å². The van der Waals surface area contributed by atoms with Crippen molar-refractivity contribution in [1.82, 2.24) is 20.9 Å². The number of hydrogen-bond acceptors (Lipinski definition) is 8. The number of carbonyl (C=O) groups excluding carboxylic acids is 7. The Kier molecular flexibility index (Phi) is 15.1. The van der Waals surface area contributed by atoms with Gasteiger partial charge in [0.25, 0.3) is 11.8 Å². The molecule has 1 aliphatic heterocycles. The van der Waals surface area contributed by atoms with Crippen molar-refractivity contribution >= 4 is 47.2 Å². The maximum atomic E-state index is 13.3. The molecule has 6 N–H and O–H groups in total. The van der Waals surface area contributed by atoms with E-state index >= 15 is 0 Å². The van der Waals surface area contributed by atoms with Crippen molar-refractivity contribution in [1.29, 1.82) is 0 Å². The van der Waals surface area contributed by atoms with Crippen molar-refractivity contribution in [2.45, 2.75) is 91.8 Å². The molecule has 1 heterocycles. The van der Waals surface area contributed by atoms with Gasteiger partial charge in [0.05, 0.1) is 5.41 Å².